The third kappa shape index (κ3) is 4.97. The molecule has 25 heavy (non-hydrogen) atoms. The van der Waals surface area contributed by atoms with E-state index in [2.05, 4.69) is 38.1 Å². The SMILES string of the molecule is CC(CO)Oc1ccc(C(C)(C)c2ccc(OC(C)CO)cc2)cc1. The standard InChI is InChI=1S/C21H28O4/c1-15(13-22)24-19-9-5-17(6-10-19)21(3,4)18-7-11-20(12-8-18)25-16(2)14-23/h5-12,15-16,22-23H,13-14H2,1-4H3. The first kappa shape index (κ1) is 19.3. The van der Waals surface area contributed by atoms with Crippen molar-refractivity contribution in [1.29, 1.82) is 0 Å². The summed E-state index contributed by atoms with van der Waals surface area (Å²) in [6.07, 6.45) is -0.430. The van der Waals surface area contributed by atoms with Crippen molar-refractivity contribution in [1.82, 2.24) is 0 Å². The molecule has 0 saturated heterocycles. The van der Waals surface area contributed by atoms with E-state index in [0.717, 1.165) is 11.5 Å². The highest BCUT2D eigenvalue weighted by atomic mass is 16.5. The first-order valence-corrected chi connectivity index (χ1v) is 8.63. The van der Waals surface area contributed by atoms with E-state index < -0.39 is 0 Å². The van der Waals surface area contributed by atoms with Gasteiger partial charge in [-0.2, -0.15) is 0 Å². The van der Waals surface area contributed by atoms with Crippen LogP contribution in [-0.4, -0.2) is 35.6 Å². The van der Waals surface area contributed by atoms with Gasteiger partial charge in [-0.3, -0.25) is 0 Å². The monoisotopic (exact) mass is 344 g/mol. The van der Waals surface area contributed by atoms with Gasteiger partial charge in [0.2, 0.25) is 0 Å². The fourth-order valence-electron chi connectivity index (χ4n) is 2.61. The summed E-state index contributed by atoms with van der Waals surface area (Å²) in [6.45, 7) is 8.00. The van der Waals surface area contributed by atoms with E-state index in [9.17, 15) is 0 Å². The minimum atomic E-state index is -0.215. The molecule has 0 bridgehead atoms. The molecule has 2 unspecified atom stereocenters. The van der Waals surface area contributed by atoms with Crippen molar-refractivity contribution in [2.75, 3.05) is 13.2 Å². The molecule has 0 saturated carbocycles. The highest BCUT2D eigenvalue weighted by molar-refractivity contribution is 5.41. The lowest BCUT2D eigenvalue weighted by Crippen LogP contribution is -2.20. The third-order valence-electron chi connectivity index (χ3n) is 4.34. The molecule has 2 atom stereocenters. The van der Waals surface area contributed by atoms with Crippen LogP contribution in [0.25, 0.3) is 0 Å². The minimum Gasteiger partial charge on any atom is -0.488 e. The van der Waals surface area contributed by atoms with E-state index in [4.69, 9.17) is 19.7 Å². The molecule has 0 aliphatic carbocycles. The van der Waals surface area contributed by atoms with E-state index in [0.29, 0.717) is 0 Å². The molecule has 0 aliphatic rings. The van der Waals surface area contributed by atoms with Gasteiger partial charge in [0.25, 0.3) is 0 Å². The second-order valence-electron chi connectivity index (χ2n) is 6.90. The molecule has 2 N–H and O–H groups in total. The van der Waals surface area contributed by atoms with Crippen LogP contribution in [0, 0.1) is 0 Å². The minimum absolute atomic E-state index is 0.00341. The van der Waals surface area contributed by atoms with Crippen molar-refractivity contribution in [3.63, 3.8) is 0 Å². The first-order chi connectivity index (χ1) is 11.9. The molecule has 2 aromatic rings. The molecular weight excluding hydrogens is 316 g/mol. The molecular formula is C21H28O4. The Morgan fingerprint density at radius 1 is 0.720 bits per heavy atom. The van der Waals surface area contributed by atoms with Gasteiger partial charge in [-0.1, -0.05) is 38.1 Å². The second-order valence-corrected chi connectivity index (χ2v) is 6.90. The highest BCUT2D eigenvalue weighted by Gasteiger charge is 2.23. The Balaban J connectivity index is 2.14. The number of aliphatic hydroxyl groups is 2. The normalized spacial score (nSPS) is 14.0. The van der Waals surface area contributed by atoms with Crippen LogP contribution in [0.1, 0.15) is 38.8 Å². The molecule has 0 aliphatic heterocycles. The van der Waals surface area contributed by atoms with Gasteiger partial charge in [-0.25, -0.2) is 0 Å². The lowest BCUT2D eigenvalue weighted by Gasteiger charge is -2.27. The van der Waals surface area contributed by atoms with Crippen molar-refractivity contribution >= 4 is 0 Å². The molecule has 2 aromatic carbocycles. The van der Waals surface area contributed by atoms with Crippen LogP contribution in [0.3, 0.4) is 0 Å². The molecule has 0 amide bonds. The summed E-state index contributed by atoms with van der Waals surface area (Å²) in [6, 6.07) is 15.9. The molecule has 0 heterocycles. The molecule has 0 fully saturated rings. The van der Waals surface area contributed by atoms with Gasteiger partial charge >= 0.3 is 0 Å². The largest absolute Gasteiger partial charge is 0.488 e. The third-order valence-corrected chi connectivity index (χ3v) is 4.34. The van der Waals surface area contributed by atoms with Gasteiger partial charge in [0.05, 0.1) is 13.2 Å². The Labute approximate surface area is 150 Å². The van der Waals surface area contributed by atoms with Gasteiger partial charge in [0.1, 0.15) is 23.7 Å². The van der Waals surface area contributed by atoms with E-state index in [1.165, 1.54) is 11.1 Å². The van der Waals surface area contributed by atoms with Crippen LogP contribution in [0.5, 0.6) is 11.5 Å². The zero-order valence-electron chi connectivity index (χ0n) is 15.4. The van der Waals surface area contributed by atoms with Gasteiger partial charge in [-0.15, -0.1) is 0 Å². The summed E-state index contributed by atoms with van der Waals surface area (Å²) in [5.74, 6) is 1.51. The Hall–Kier alpha value is -2.04. The Morgan fingerprint density at radius 3 is 1.32 bits per heavy atom. The van der Waals surface area contributed by atoms with Crippen molar-refractivity contribution in [3.8, 4) is 11.5 Å². The molecule has 0 spiro atoms. The van der Waals surface area contributed by atoms with Gasteiger partial charge in [0, 0.05) is 5.41 Å². The maximum atomic E-state index is 9.07. The van der Waals surface area contributed by atoms with Crippen molar-refractivity contribution in [3.05, 3.63) is 59.7 Å². The smallest absolute Gasteiger partial charge is 0.119 e. The Kier molecular flexibility index (Phi) is 6.45. The van der Waals surface area contributed by atoms with E-state index >= 15 is 0 Å². The number of hydrogen-bond acceptors (Lipinski definition) is 4. The molecule has 0 aromatic heterocycles. The quantitative estimate of drug-likeness (QED) is 0.769. The van der Waals surface area contributed by atoms with Gasteiger partial charge in [0.15, 0.2) is 0 Å². The fraction of sp³-hybridized carbons (Fsp3) is 0.429. The van der Waals surface area contributed by atoms with E-state index in [-0.39, 0.29) is 30.8 Å². The number of hydrogen-bond donors (Lipinski definition) is 2. The topological polar surface area (TPSA) is 58.9 Å². The highest BCUT2D eigenvalue weighted by Crippen LogP contribution is 2.33. The van der Waals surface area contributed by atoms with Crippen molar-refractivity contribution < 1.29 is 19.7 Å². The van der Waals surface area contributed by atoms with Gasteiger partial charge < -0.3 is 19.7 Å². The summed E-state index contributed by atoms with van der Waals surface area (Å²) in [4.78, 5) is 0. The zero-order chi connectivity index (χ0) is 18.4. The van der Waals surface area contributed by atoms with E-state index in [1.807, 2.05) is 38.1 Å². The summed E-state index contributed by atoms with van der Waals surface area (Å²) in [5.41, 5.74) is 2.19. The van der Waals surface area contributed by atoms with E-state index in [1.54, 1.807) is 0 Å². The van der Waals surface area contributed by atoms with Crippen LogP contribution in [0.4, 0.5) is 0 Å². The molecule has 2 rings (SSSR count). The van der Waals surface area contributed by atoms with Gasteiger partial charge in [-0.05, 0) is 49.2 Å². The predicted molar refractivity (Wildman–Crippen MR) is 99.4 cm³/mol. The molecule has 4 heteroatoms. The van der Waals surface area contributed by atoms with Crippen LogP contribution >= 0.6 is 0 Å². The average Bonchev–Trinajstić information content (AvgIpc) is 2.62. The zero-order valence-corrected chi connectivity index (χ0v) is 15.4. The number of benzene rings is 2. The molecule has 4 nitrogen and oxygen atoms in total. The predicted octanol–water partition coefficient (Wildman–Crippen LogP) is 3.53. The molecule has 0 radical (unpaired) electrons. The number of ether oxygens (including phenoxy) is 2. The summed E-state index contributed by atoms with van der Waals surface area (Å²) >= 11 is 0. The number of rotatable bonds is 8. The number of aliphatic hydroxyl groups excluding tert-OH is 2. The van der Waals surface area contributed by atoms with Crippen molar-refractivity contribution in [2.24, 2.45) is 0 Å². The van der Waals surface area contributed by atoms with Crippen LogP contribution in [0.2, 0.25) is 0 Å². The van der Waals surface area contributed by atoms with Crippen LogP contribution in [-0.2, 0) is 5.41 Å². The maximum Gasteiger partial charge on any atom is 0.119 e. The van der Waals surface area contributed by atoms with Crippen LogP contribution < -0.4 is 9.47 Å². The maximum absolute atomic E-state index is 9.07. The Morgan fingerprint density at radius 2 is 1.04 bits per heavy atom. The second kappa shape index (κ2) is 8.37. The summed E-state index contributed by atoms with van der Waals surface area (Å²) in [5, 5.41) is 18.1. The van der Waals surface area contributed by atoms with Crippen LogP contribution in [0.15, 0.2) is 48.5 Å². The lowest BCUT2D eigenvalue weighted by molar-refractivity contribution is 0.129. The average molecular weight is 344 g/mol. The fourth-order valence-corrected chi connectivity index (χ4v) is 2.61. The summed E-state index contributed by atoms with van der Waals surface area (Å²) in [7, 11) is 0. The Bertz CT molecular complexity index is 589. The summed E-state index contributed by atoms with van der Waals surface area (Å²) < 4.78 is 11.2. The molecule has 136 valence electrons. The van der Waals surface area contributed by atoms with Crippen molar-refractivity contribution in [2.45, 2.75) is 45.3 Å². The lowest BCUT2D eigenvalue weighted by atomic mass is 9.78. The first-order valence-electron chi connectivity index (χ1n) is 8.63.